The van der Waals surface area contributed by atoms with Crippen molar-refractivity contribution in [3.8, 4) is 0 Å². The standard InChI is InChI=1S/C17H26FN3O.2ClH/c1-21(15-9-4-3-8-14(15)18)13-7-12-20-16(22)17(19)10-5-2-6-11-17;;/h3-4,8-9H,2,5-7,10-13,19H2,1H3,(H,20,22);2*1H. The lowest BCUT2D eigenvalue weighted by molar-refractivity contribution is -0.127. The second-order valence-electron chi connectivity index (χ2n) is 6.20. The molecule has 3 N–H and O–H groups in total. The largest absolute Gasteiger partial charge is 0.372 e. The number of hydrogen-bond acceptors (Lipinski definition) is 3. The summed E-state index contributed by atoms with van der Waals surface area (Å²) in [7, 11) is 1.85. The quantitative estimate of drug-likeness (QED) is 0.745. The van der Waals surface area contributed by atoms with Crippen molar-refractivity contribution in [1.82, 2.24) is 5.32 Å². The highest BCUT2D eigenvalue weighted by Gasteiger charge is 2.34. The van der Waals surface area contributed by atoms with Crippen LogP contribution in [0.5, 0.6) is 0 Å². The molecule has 0 heterocycles. The Balaban J connectivity index is 0.00000264. The van der Waals surface area contributed by atoms with Gasteiger partial charge in [-0.25, -0.2) is 4.39 Å². The van der Waals surface area contributed by atoms with E-state index in [2.05, 4.69) is 5.32 Å². The van der Waals surface area contributed by atoms with Crippen molar-refractivity contribution in [1.29, 1.82) is 0 Å². The Kier molecular flexibility index (Phi) is 10.3. The summed E-state index contributed by atoms with van der Waals surface area (Å²) in [5.74, 6) is -0.266. The van der Waals surface area contributed by atoms with E-state index in [0.717, 1.165) is 32.1 Å². The van der Waals surface area contributed by atoms with Crippen LogP contribution in [0.4, 0.5) is 10.1 Å². The van der Waals surface area contributed by atoms with Crippen LogP contribution in [0.1, 0.15) is 38.5 Å². The van der Waals surface area contributed by atoms with E-state index in [1.165, 1.54) is 12.5 Å². The van der Waals surface area contributed by atoms with E-state index in [-0.39, 0.29) is 36.5 Å². The van der Waals surface area contributed by atoms with Crippen LogP contribution >= 0.6 is 24.8 Å². The Morgan fingerprint density at radius 1 is 1.25 bits per heavy atom. The minimum atomic E-state index is -0.685. The molecule has 1 amide bonds. The molecular formula is C17H28Cl2FN3O. The summed E-state index contributed by atoms with van der Waals surface area (Å²) >= 11 is 0. The van der Waals surface area contributed by atoms with Gasteiger partial charge in [0.15, 0.2) is 0 Å². The molecule has 0 bridgehead atoms. The van der Waals surface area contributed by atoms with E-state index in [4.69, 9.17) is 5.73 Å². The van der Waals surface area contributed by atoms with Gasteiger partial charge in [-0.05, 0) is 31.4 Å². The normalized spacial score (nSPS) is 15.6. The molecule has 1 saturated carbocycles. The summed E-state index contributed by atoms with van der Waals surface area (Å²) < 4.78 is 13.6. The van der Waals surface area contributed by atoms with Crippen LogP contribution in [-0.4, -0.2) is 31.6 Å². The first-order chi connectivity index (χ1) is 10.5. The highest BCUT2D eigenvalue weighted by atomic mass is 35.5. The maximum absolute atomic E-state index is 13.6. The Morgan fingerprint density at radius 2 is 1.88 bits per heavy atom. The third-order valence-corrected chi connectivity index (χ3v) is 4.42. The van der Waals surface area contributed by atoms with Gasteiger partial charge >= 0.3 is 0 Å². The average Bonchev–Trinajstić information content (AvgIpc) is 2.52. The van der Waals surface area contributed by atoms with E-state index < -0.39 is 5.54 Å². The number of carbonyl (C=O) groups excluding carboxylic acids is 1. The van der Waals surface area contributed by atoms with Crippen molar-refractivity contribution in [2.75, 3.05) is 25.0 Å². The molecule has 1 aromatic carbocycles. The lowest BCUT2D eigenvalue weighted by Crippen LogP contribution is -2.55. The maximum Gasteiger partial charge on any atom is 0.240 e. The van der Waals surface area contributed by atoms with Crippen molar-refractivity contribution in [2.45, 2.75) is 44.1 Å². The number of para-hydroxylation sites is 1. The molecule has 2 rings (SSSR count). The molecule has 1 aliphatic carbocycles. The van der Waals surface area contributed by atoms with Crippen LogP contribution in [0.2, 0.25) is 0 Å². The van der Waals surface area contributed by atoms with Gasteiger partial charge < -0.3 is 16.0 Å². The van der Waals surface area contributed by atoms with Crippen LogP contribution in [0.15, 0.2) is 24.3 Å². The molecule has 0 radical (unpaired) electrons. The van der Waals surface area contributed by atoms with Crippen LogP contribution in [0.25, 0.3) is 0 Å². The monoisotopic (exact) mass is 379 g/mol. The molecule has 0 spiro atoms. The first kappa shape index (κ1) is 23.0. The summed E-state index contributed by atoms with van der Waals surface area (Å²) in [6, 6.07) is 6.70. The maximum atomic E-state index is 13.6. The van der Waals surface area contributed by atoms with Crippen molar-refractivity contribution in [2.24, 2.45) is 5.73 Å². The number of rotatable bonds is 6. The molecule has 1 aliphatic rings. The highest BCUT2D eigenvalue weighted by molar-refractivity contribution is 5.86. The van der Waals surface area contributed by atoms with Crippen molar-refractivity contribution < 1.29 is 9.18 Å². The topological polar surface area (TPSA) is 58.4 Å². The van der Waals surface area contributed by atoms with Gasteiger partial charge in [0.1, 0.15) is 5.82 Å². The third-order valence-electron chi connectivity index (χ3n) is 4.42. The Bertz CT molecular complexity index is 510. The first-order valence-corrected chi connectivity index (χ1v) is 8.06. The first-order valence-electron chi connectivity index (χ1n) is 8.06. The number of anilines is 1. The van der Waals surface area contributed by atoms with Gasteiger partial charge in [-0.2, -0.15) is 0 Å². The summed E-state index contributed by atoms with van der Waals surface area (Å²) in [4.78, 5) is 14.0. The average molecular weight is 380 g/mol. The van der Waals surface area contributed by atoms with Crippen LogP contribution in [0, 0.1) is 5.82 Å². The summed E-state index contributed by atoms with van der Waals surface area (Å²) in [6.45, 7) is 1.25. The minimum absolute atomic E-state index is 0. The zero-order valence-corrected chi connectivity index (χ0v) is 15.7. The number of nitrogens with two attached hydrogens (primary N) is 1. The Labute approximate surface area is 156 Å². The molecule has 0 atom stereocenters. The molecular weight excluding hydrogens is 352 g/mol. The number of carbonyl (C=O) groups is 1. The number of benzene rings is 1. The van der Waals surface area contributed by atoms with Crippen LogP contribution in [-0.2, 0) is 4.79 Å². The summed E-state index contributed by atoms with van der Waals surface area (Å²) in [6.07, 6.45) is 5.52. The highest BCUT2D eigenvalue weighted by Crippen LogP contribution is 2.25. The number of hydrogen-bond donors (Lipinski definition) is 2. The zero-order chi connectivity index (χ0) is 16.0. The fourth-order valence-electron chi connectivity index (χ4n) is 2.99. The minimum Gasteiger partial charge on any atom is -0.372 e. The van der Waals surface area contributed by atoms with E-state index >= 15 is 0 Å². The molecule has 0 aliphatic heterocycles. The van der Waals surface area contributed by atoms with Gasteiger partial charge in [0, 0.05) is 20.1 Å². The smallest absolute Gasteiger partial charge is 0.240 e. The third kappa shape index (κ3) is 6.11. The SMILES string of the molecule is CN(CCCNC(=O)C1(N)CCCCC1)c1ccccc1F.Cl.Cl. The van der Waals surface area contributed by atoms with E-state index in [0.29, 0.717) is 18.8 Å². The van der Waals surface area contributed by atoms with E-state index in [9.17, 15) is 9.18 Å². The molecule has 1 aromatic rings. The van der Waals surface area contributed by atoms with Gasteiger partial charge in [0.05, 0.1) is 11.2 Å². The fourth-order valence-corrected chi connectivity index (χ4v) is 2.99. The van der Waals surface area contributed by atoms with Crippen LogP contribution < -0.4 is 16.0 Å². The van der Waals surface area contributed by atoms with Crippen molar-refractivity contribution in [3.63, 3.8) is 0 Å². The Morgan fingerprint density at radius 3 is 2.50 bits per heavy atom. The van der Waals surface area contributed by atoms with Crippen molar-refractivity contribution >= 4 is 36.4 Å². The lowest BCUT2D eigenvalue weighted by atomic mass is 9.82. The number of amides is 1. The number of nitrogens with zero attached hydrogens (tertiary/aromatic N) is 1. The second kappa shape index (κ2) is 10.7. The molecule has 7 heteroatoms. The van der Waals surface area contributed by atoms with Gasteiger partial charge in [-0.1, -0.05) is 31.4 Å². The van der Waals surface area contributed by atoms with Gasteiger partial charge in [0.25, 0.3) is 0 Å². The molecule has 24 heavy (non-hydrogen) atoms. The van der Waals surface area contributed by atoms with Gasteiger partial charge in [-0.3, -0.25) is 4.79 Å². The second-order valence-corrected chi connectivity index (χ2v) is 6.20. The molecule has 0 saturated heterocycles. The molecule has 4 nitrogen and oxygen atoms in total. The molecule has 0 unspecified atom stereocenters. The molecule has 1 fully saturated rings. The lowest BCUT2D eigenvalue weighted by Gasteiger charge is -2.31. The number of nitrogens with one attached hydrogen (secondary N) is 1. The Hall–Kier alpha value is -1.04. The predicted molar refractivity (Wildman–Crippen MR) is 102 cm³/mol. The van der Waals surface area contributed by atoms with E-state index in [1.807, 2.05) is 18.0 Å². The van der Waals surface area contributed by atoms with E-state index in [1.54, 1.807) is 12.1 Å². The zero-order valence-electron chi connectivity index (χ0n) is 14.1. The van der Waals surface area contributed by atoms with Gasteiger partial charge in [-0.15, -0.1) is 24.8 Å². The van der Waals surface area contributed by atoms with Crippen LogP contribution in [0.3, 0.4) is 0 Å². The van der Waals surface area contributed by atoms with Gasteiger partial charge in [0.2, 0.25) is 5.91 Å². The molecule has 0 aromatic heterocycles. The predicted octanol–water partition coefficient (Wildman–Crippen LogP) is 3.27. The molecule has 138 valence electrons. The van der Waals surface area contributed by atoms with Crippen molar-refractivity contribution in [3.05, 3.63) is 30.1 Å². The summed E-state index contributed by atoms with van der Waals surface area (Å²) in [5, 5.41) is 2.93. The summed E-state index contributed by atoms with van der Waals surface area (Å²) in [5.41, 5.74) is 6.08. The number of halogens is 3. The fraction of sp³-hybridized carbons (Fsp3) is 0.588.